The molecule has 0 aliphatic carbocycles. The van der Waals surface area contributed by atoms with Gasteiger partial charge in [0.2, 0.25) is 5.43 Å². The summed E-state index contributed by atoms with van der Waals surface area (Å²) in [7, 11) is 3.50. The second kappa shape index (κ2) is 6.38. The summed E-state index contributed by atoms with van der Waals surface area (Å²) >= 11 is 0. The Balaban J connectivity index is 1.65. The third-order valence-corrected chi connectivity index (χ3v) is 6.71. The first-order valence-corrected chi connectivity index (χ1v) is 10.5. The summed E-state index contributed by atoms with van der Waals surface area (Å²) in [5.74, 6) is 1.08. The molecule has 3 heterocycles. The summed E-state index contributed by atoms with van der Waals surface area (Å²) in [5.41, 5.74) is 1.51. The number of hydrogen-bond donors (Lipinski definition) is 0. The smallest absolute Gasteiger partial charge is 0.496 e. The average molecular weight is 431 g/mol. The zero-order valence-electron chi connectivity index (χ0n) is 17.9. The molecule has 2 aliphatic heterocycles. The van der Waals surface area contributed by atoms with E-state index in [1.54, 1.807) is 20.1 Å². The predicted octanol–water partition coefficient (Wildman–Crippen LogP) is 4.08. The lowest BCUT2D eigenvalue weighted by molar-refractivity contribution is -0.0164. The van der Waals surface area contributed by atoms with E-state index in [1.807, 2.05) is 48.0 Å². The molecule has 6 rings (SSSR count). The van der Waals surface area contributed by atoms with Crippen molar-refractivity contribution in [2.75, 3.05) is 13.7 Å². The van der Waals surface area contributed by atoms with Crippen LogP contribution in [0.4, 0.5) is 4.79 Å². The van der Waals surface area contributed by atoms with Crippen LogP contribution < -0.4 is 14.9 Å². The van der Waals surface area contributed by atoms with Gasteiger partial charge >= 0.3 is 6.16 Å². The van der Waals surface area contributed by atoms with Crippen molar-refractivity contribution in [2.24, 2.45) is 7.05 Å². The number of benzene rings is 3. The van der Waals surface area contributed by atoms with Crippen LogP contribution in [-0.4, -0.2) is 36.1 Å². The second-order valence-electron chi connectivity index (χ2n) is 8.65. The van der Waals surface area contributed by atoms with E-state index in [-0.39, 0.29) is 12.0 Å². The van der Waals surface area contributed by atoms with Gasteiger partial charge in [-0.15, -0.1) is 0 Å². The van der Waals surface area contributed by atoms with E-state index in [4.69, 9.17) is 18.9 Å². The first kappa shape index (κ1) is 19.0. The molecular formula is C25H21NO6. The number of methoxy groups -OCH3 is 1. The Morgan fingerprint density at radius 1 is 1.12 bits per heavy atom. The average Bonchev–Trinajstić information content (AvgIpc) is 3.39. The highest BCUT2D eigenvalue weighted by molar-refractivity contribution is 6.04. The van der Waals surface area contributed by atoms with Gasteiger partial charge in [0.05, 0.1) is 23.5 Å². The number of cyclic esters (lactones) is 2. The summed E-state index contributed by atoms with van der Waals surface area (Å²) in [6.07, 6.45) is -0.642. The van der Waals surface area contributed by atoms with E-state index < -0.39 is 17.9 Å². The number of nitrogens with zero attached hydrogens (tertiary/aromatic N) is 1. The standard InChI is InChI=1S/C25H21NO6/c1-25(12-30-24(28)32-25)20-10-16-18(31-20)11-19(29-3)21-22(16)26(2)17-9-14-7-5-4-6-13(14)8-15(17)23(21)27/h4-9,11,20H,10,12H2,1-3H3/t20-,25-/m1/s1. The second-order valence-corrected chi connectivity index (χ2v) is 8.65. The molecule has 0 radical (unpaired) electrons. The number of aromatic nitrogens is 1. The predicted molar refractivity (Wildman–Crippen MR) is 120 cm³/mol. The topological polar surface area (TPSA) is 76.0 Å². The Hall–Kier alpha value is -3.74. The molecule has 4 aromatic rings. The third kappa shape index (κ3) is 2.48. The number of fused-ring (bicyclic) bond motifs is 5. The van der Waals surface area contributed by atoms with Gasteiger partial charge in [-0.25, -0.2) is 4.79 Å². The molecule has 0 N–H and O–H groups in total. The van der Waals surface area contributed by atoms with E-state index in [2.05, 4.69) is 0 Å². The van der Waals surface area contributed by atoms with E-state index in [9.17, 15) is 9.59 Å². The Bertz CT molecular complexity index is 1520. The van der Waals surface area contributed by atoms with E-state index in [1.165, 1.54) is 0 Å². The quantitative estimate of drug-likeness (QED) is 0.352. The number of rotatable bonds is 2. The van der Waals surface area contributed by atoms with E-state index >= 15 is 0 Å². The molecule has 3 aromatic carbocycles. The maximum absolute atomic E-state index is 13.7. The van der Waals surface area contributed by atoms with Gasteiger partial charge in [0.1, 0.15) is 24.2 Å². The minimum absolute atomic E-state index is 0.0798. The van der Waals surface area contributed by atoms with Gasteiger partial charge in [0.15, 0.2) is 5.60 Å². The van der Waals surface area contributed by atoms with Crippen LogP contribution in [0.2, 0.25) is 0 Å². The van der Waals surface area contributed by atoms with Gasteiger partial charge in [0.25, 0.3) is 0 Å². The first-order chi connectivity index (χ1) is 15.4. The molecular weight excluding hydrogens is 410 g/mol. The van der Waals surface area contributed by atoms with Gasteiger partial charge in [-0.2, -0.15) is 0 Å². The van der Waals surface area contributed by atoms with Crippen molar-refractivity contribution in [3.63, 3.8) is 0 Å². The van der Waals surface area contributed by atoms with E-state index in [0.717, 1.165) is 27.4 Å². The van der Waals surface area contributed by atoms with Crippen LogP contribution in [0, 0.1) is 0 Å². The summed E-state index contributed by atoms with van der Waals surface area (Å²) in [6.45, 7) is 1.92. The molecule has 1 aromatic heterocycles. The number of aryl methyl sites for hydroxylation is 1. The maximum Gasteiger partial charge on any atom is 0.509 e. The van der Waals surface area contributed by atoms with Crippen molar-refractivity contribution < 1.29 is 23.7 Å². The monoisotopic (exact) mass is 431 g/mol. The van der Waals surface area contributed by atoms with E-state index in [0.29, 0.717) is 28.7 Å². The van der Waals surface area contributed by atoms with Crippen LogP contribution in [-0.2, 0) is 22.9 Å². The largest absolute Gasteiger partial charge is 0.509 e. The molecule has 162 valence electrons. The van der Waals surface area contributed by atoms with Gasteiger partial charge in [-0.05, 0) is 29.8 Å². The molecule has 32 heavy (non-hydrogen) atoms. The SMILES string of the molecule is COc1cc2c(c3c1c(=O)c1cc4ccccc4cc1n3C)C[C@H]([C@@]1(C)COC(=O)O1)O2. The Kier molecular flexibility index (Phi) is 3.79. The maximum atomic E-state index is 13.7. The number of pyridine rings is 1. The van der Waals surface area contributed by atoms with Gasteiger partial charge in [-0.3, -0.25) is 4.79 Å². The zero-order valence-corrected chi connectivity index (χ0v) is 17.9. The highest BCUT2D eigenvalue weighted by Gasteiger charge is 2.49. The summed E-state index contributed by atoms with van der Waals surface area (Å²) < 4.78 is 24.3. The van der Waals surface area contributed by atoms with Gasteiger partial charge < -0.3 is 23.5 Å². The van der Waals surface area contributed by atoms with Crippen molar-refractivity contribution >= 4 is 38.7 Å². The third-order valence-electron chi connectivity index (χ3n) is 6.71. The molecule has 0 saturated carbocycles. The van der Waals surface area contributed by atoms with Crippen molar-refractivity contribution in [3.8, 4) is 11.5 Å². The molecule has 0 bridgehead atoms. The highest BCUT2D eigenvalue weighted by atomic mass is 16.8. The number of carbonyl (C=O) groups excluding carboxylic acids is 1. The lowest BCUT2D eigenvalue weighted by Gasteiger charge is -2.26. The Morgan fingerprint density at radius 2 is 1.88 bits per heavy atom. The normalized spacial score (nSPS) is 22.1. The minimum Gasteiger partial charge on any atom is -0.496 e. The summed E-state index contributed by atoms with van der Waals surface area (Å²) in [6, 6.07) is 13.7. The number of carbonyl (C=O) groups is 1. The summed E-state index contributed by atoms with van der Waals surface area (Å²) in [5, 5.41) is 3.23. The molecule has 2 atom stereocenters. The van der Waals surface area contributed by atoms with Crippen LogP contribution in [0.5, 0.6) is 11.5 Å². The zero-order chi connectivity index (χ0) is 22.2. The fourth-order valence-electron chi connectivity index (χ4n) is 4.99. The van der Waals surface area contributed by atoms with Crippen LogP contribution in [0.3, 0.4) is 0 Å². The van der Waals surface area contributed by atoms with Crippen LogP contribution in [0.15, 0.2) is 47.3 Å². The van der Waals surface area contributed by atoms with Crippen molar-refractivity contribution in [3.05, 3.63) is 58.3 Å². The lowest BCUT2D eigenvalue weighted by atomic mass is 9.94. The Morgan fingerprint density at radius 3 is 2.56 bits per heavy atom. The first-order valence-electron chi connectivity index (χ1n) is 10.5. The summed E-state index contributed by atoms with van der Waals surface area (Å²) in [4.78, 5) is 25.3. The molecule has 0 spiro atoms. The minimum atomic E-state index is -0.901. The van der Waals surface area contributed by atoms with Crippen LogP contribution >= 0.6 is 0 Å². The molecule has 0 unspecified atom stereocenters. The number of hydrogen-bond acceptors (Lipinski definition) is 6. The van der Waals surface area contributed by atoms with Gasteiger partial charge in [0, 0.05) is 30.5 Å². The number of ether oxygens (including phenoxy) is 4. The molecule has 7 heteroatoms. The van der Waals surface area contributed by atoms with Crippen molar-refractivity contribution in [2.45, 2.75) is 25.0 Å². The van der Waals surface area contributed by atoms with Crippen molar-refractivity contribution in [1.29, 1.82) is 0 Å². The molecule has 1 saturated heterocycles. The molecule has 7 nitrogen and oxygen atoms in total. The lowest BCUT2D eigenvalue weighted by Crippen LogP contribution is -2.44. The fraction of sp³-hybridized carbons (Fsp3) is 0.280. The Labute approximate surface area is 183 Å². The fourth-order valence-corrected chi connectivity index (χ4v) is 4.99. The molecule has 1 fully saturated rings. The molecule has 2 aliphatic rings. The van der Waals surface area contributed by atoms with Crippen LogP contribution in [0.1, 0.15) is 12.5 Å². The van der Waals surface area contributed by atoms with Crippen molar-refractivity contribution in [1.82, 2.24) is 4.57 Å². The van der Waals surface area contributed by atoms with Gasteiger partial charge in [-0.1, -0.05) is 24.3 Å². The highest BCUT2D eigenvalue weighted by Crippen LogP contribution is 2.44. The van der Waals surface area contributed by atoms with Crippen LogP contribution in [0.25, 0.3) is 32.6 Å². The molecule has 0 amide bonds.